The zero-order valence-electron chi connectivity index (χ0n) is 10.4. The summed E-state index contributed by atoms with van der Waals surface area (Å²) in [4.78, 5) is 17.8. The SMILES string of the molecule is CNC1CN(c2ncnc(-c3cnccn3)c2F)C1. The van der Waals surface area contributed by atoms with Crippen molar-refractivity contribution in [3.63, 3.8) is 0 Å². The Labute approximate surface area is 109 Å². The first-order chi connectivity index (χ1) is 9.29. The molecule has 6 nitrogen and oxygen atoms in total. The van der Waals surface area contributed by atoms with E-state index in [1.165, 1.54) is 24.9 Å². The van der Waals surface area contributed by atoms with E-state index in [0.29, 0.717) is 17.6 Å². The average Bonchev–Trinajstić information content (AvgIpc) is 2.40. The molecule has 3 heterocycles. The minimum atomic E-state index is -0.447. The minimum absolute atomic E-state index is 0.186. The second kappa shape index (κ2) is 4.85. The molecule has 19 heavy (non-hydrogen) atoms. The van der Waals surface area contributed by atoms with Crippen molar-refractivity contribution in [1.82, 2.24) is 25.3 Å². The van der Waals surface area contributed by atoms with Crippen LogP contribution in [0, 0.1) is 5.82 Å². The number of nitrogens with zero attached hydrogens (tertiary/aromatic N) is 5. The second-order valence-electron chi connectivity index (χ2n) is 4.34. The zero-order valence-corrected chi connectivity index (χ0v) is 10.4. The lowest BCUT2D eigenvalue weighted by Gasteiger charge is -2.39. The molecule has 0 spiro atoms. The molecule has 0 bridgehead atoms. The highest BCUT2D eigenvalue weighted by atomic mass is 19.1. The molecule has 3 rings (SSSR count). The molecule has 0 unspecified atom stereocenters. The summed E-state index contributed by atoms with van der Waals surface area (Å²) in [5, 5.41) is 3.14. The van der Waals surface area contributed by atoms with E-state index in [1.54, 1.807) is 0 Å². The van der Waals surface area contributed by atoms with E-state index >= 15 is 0 Å². The van der Waals surface area contributed by atoms with Crippen LogP contribution in [0.2, 0.25) is 0 Å². The summed E-state index contributed by atoms with van der Waals surface area (Å²) in [5.74, 6) is -0.125. The van der Waals surface area contributed by atoms with E-state index in [0.717, 1.165) is 13.1 Å². The fourth-order valence-corrected chi connectivity index (χ4v) is 2.02. The lowest BCUT2D eigenvalue weighted by Crippen LogP contribution is -2.57. The van der Waals surface area contributed by atoms with E-state index < -0.39 is 5.82 Å². The number of nitrogens with one attached hydrogen (secondary N) is 1. The Bertz CT molecular complexity index is 570. The minimum Gasteiger partial charge on any atom is -0.351 e. The van der Waals surface area contributed by atoms with Crippen molar-refractivity contribution in [3.8, 4) is 11.4 Å². The fraction of sp³-hybridized carbons (Fsp3) is 0.333. The Morgan fingerprint density at radius 2 is 2.11 bits per heavy atom. The van der Waals surface area contributed by atoms with E-state index in [4.69, 9.17) is 0 Å². The summed E-state index contributed by atoms with van der Waals surface area (Å²) in [6, 6.07) is 0.384. The summed E-state index contributed by atoms with van der Waals surface area (Å²) in [7, 11) is 1.89. The summed E-state index contributed by atoms with van der Waals surface area (Å²) in [6.45, 7) is 1.48. The van der Waals surface area contributed by atoms with Gasteiger partial charge in [0.2, 0.25) is 0 Å². The maximum Gasteiger partial charge on any atom is 0.193 e. The third-order valence-electron chi connectivity index (χ3n) is 3.17. The molecule has 0 radical (unpaired) electrons. The van der Waals surface area contributed by atoms with Crippen molar-refractivity contribution in [3.05, 3.63) is 30.7 Å². The van der Waals surface area contributed by atoms with Gasteiger partial charge < -0.3 is 10.2 Å². The largest absolute Gasteiger partial charge is 0.351 e. The molecule has 1 aliphatic heterocycles. The molecule has 1 saturated heterocycles. The Hall–Kier alpha value is -2.15. The van der Waals surface area contributed by atoms with Crippen molar-refractivity contribution < 1.29 is 4.39 Å². The van der Waals surface area contributed by atoms with Crippen molar-refractivity contribution in [1.29, 1.82) is 0 Å². The van der Waals surface area contributed by atoms with Crippen LogP contribution < -0.4 is 10.2 Å². The smallest absolute Gasteiger partial charge is 0.193 e. The van der Waals surface area contributed by atoms with Crippen LogP contribution in [0.15, 0.2) is 24.9 Å². The molecule has 0 aliphatic carbocycles. The van der Waals surface area contributed by atoms with E-state index in [-0.39, 0.29) is 5.69 Å². The normalized spacial score (nSPS) is 15.4. The Balaban J connectivity index is 1.92. The lowest BCUT2D eigenvalue weighted by atomic mass is 10.1. The van der Waals surface area contributed by atoms with Gasteiger partial charge in [-0.2, -0.15) is 0 Å². The molecule has 0 aromatic carbocycles. The standard InChI is InChI=1S/C12H13FN6/c1-14-8-5-19(6-8)12-10(13)11(17-7-18-12)9-4-15-2-3-16-9/h2-4,7-8,14H,5-6H2,1H3. The summed E-state index contributed by atoms with van der Waals surface area (Å²) < 4.78 is 14.4. The molecule has 0 atom stereocenters. The Morgan fingerprint density at radius 1 is 1.26 bits per heavy atom. The Morgan fingerprint density at radius 3 is 2.79 bits per heavy atom. The van der Waals surface area contributed by atoms with Crippen LogP contribution in [0.1, 0.15) is 0 Å². The number of likely N-dealkylation sites (N-methyl/N-ethyl adjacent to an activating group) is 1. The van der Waals surface area contributed by atoms with Crippen molar-refractivity contribution in [2.24, 2.45) is 0 Å². The lowest BCUT2D eigenvalue weighted by molar-refractivity contribution is 0.438. The molecular weight excluding hydrogens is 247 g/mol. The predicted molar refractivity (Wildman–Crippen MR) is 68.1 cm³/mol. The topological polar surface area (TPSA) is 66.8 Å². The van der Waals surface area contributed by atoms with Gasteiger partial charge >= 0.3 is 0 Å². The van der Waals surface area contributed by atoms with Gasteiger partial charge in [0.15, 0.2) is 11.6 Å². The number of hydrogen-bond donors (Lipinski definition) is 1. The highest BCUT2D eigenvalue weighted by Crippen LogP contribution is 2.26. The van der Waals surface area contributed by atoms with Crippen molar-refractivity contribution >= 4 is 5.82 Å². The number of hydrogen-bond acceptors (Lipinski definition) is 6. The fourth-order valence-electron chi connectivity index (χ4n) is 2.02. The Kier molecular flexibility index (Phi) is 3.04. The second-order valence-corrected chi connectivity index (χ2v) is 4.34. The van der Waals surface area contributed by atoms with Gasteiger partial charge in [-0.1, -0.05) is 0 Å². The van der Waals surface area contributed by atoms with Crippen LogP contribution in [0.25, 0.3) is 11.4 Å². The average molecular weight is 260 g/mol. The monoisotopic (exact) mass is 260 g/mol. The molecule has 7 heteroatoms. The highest BCUT2D eigenvalue weighted by Gasteiger charge is 2.29. The van der Waals surface area contributed by atoms with E-state index in [2.05, 4.69) is 25.3 Å². The number of aromatic nitrogens is 4. The quantitative estimate of drug-likeness (QED) is 0.866. The zero-order chi connectivity index (χ0) is 13.2. The van der Waals surface area contributed by atoms with Gasteiger partial charge in [0.25, 0.3) is 0 Å². The molecule has 98 valence electrons. The van der Waals surface area contributed by atoms with E-state index in [9.17, 15) is 4.39 Å². The van der Waals surface area contributed by atoms with Crippen molar-refractivity contribution in [2.45, 2.75) is 6.04 Å². The number of halogens is 1. The molecule has 1 N–H and O–H groups in total. The summed E-state index contributed by atoms with van der Waals surface area (Å²) in [6.07, 6.45) is 5.89. The number of anilines is 1. The van der Waals surface area contributed by atoms with Gasteiger partial charge in [-0.15, -0.1) is 0 Å². The van der Waals surface area contributed by atoms with Crippen molar-refractivity contribution in [2.75, 3.05) is 25.0 Å². The van der Waals surface area contributed by atoms with Gasteiger partial charge in [0, 0.05) is 31.5 Å². The first-order valence-electron chi connectivity index (χ1n) is 5.98. The van der Waals surface area contributed by atoms with Gasteiger partial charge in [0.1, 0.15) is 17.7 Å². The van der Waals surface area contributed by atoms with Gasteiger partial charge in [-0.3, -0.25) is 9.97 Å². The van der Waals surface area contributed by atoms with Crippen LogP contribution in [0.4, 0.5) is 10.2 Å². The maximum absolute atomic E-state index is 14.4. The van der Waals surface area contributed by atoms with Crippen LogP contribution >= 0.6 is 0 Å². The van der Waals surface area contributed by atoms with E-state index in [1.807, 2.05) is 11.9 Å². The van der Waals surface area contributed by atoms with Gasteiger partial charge in [-0.05, 0) is 7.05 Å². The number of rotatable bonds is 3. The van der Waals surface area contributed by atoms with Gasteiger partial charge in [0.05, 0.1) is 6.20 Å². The molecule has 2 aromatic rings. The molecule has 0 amide bonds. The van der Waals surface area contributed by atoms with Crippen LogP contribution in [-0.4, -0.2) is 46.1 Å². The molecular formula is C12H13FN6. The van der Waals surface area contributed by atoms with Gasteiger partial charge in [-0.25, -0.2) is 14.4 Å². The molecule has 1 fully saturated rings. The predicted octanol–water partition coefficient (Wildman–Crippen LogP) is 0.481. The summed E-state index contributed by atoms with van der Waals surface area (Å²) in [5.41, 5.74) is 0.598. The third kappa shape index (κ3) is 2.12. The molecule has 1 aliphatic rings. The first-order valence-corrected chi connectivity index (χ1v) is 5.98. The molecule has 2 aromatic heterocycles. The summed E-state index contributed by atoms with van der Waals surface area (Å²) >= 11 is 0. The highest BCUT2D eigenvalue weighted by molar-refractivity contribution is 5.60. The first kappa shape index (κ1) is 11.9. The molecule has 0 saturated carbocycles. The maximum atomic E-state index is 14.4. The van der Waals surface area contributed by atoms with Crippen LogP contribution in [-0.2, 0) is 0 Å². The van der Waals surface area contributed by atoms with Crippen LogP contribution in [0.5, 0.6) is 0 Å². The third-order valence-corrected chi connectivity index (χ3v) is 3.17. The van der Waals surface area contributed by atoms with Crippen LogP contribution in [0.3, 0.4) is 0 Å².